The van der Waals surface area contributed by atoms with Crippen LogP contribution in [0.2, 0.25) is 0 Å². The summed E-state index contributed by atoms with van der Waals surface area (Å²) < 4.78 is 5.74. The van der Waals surface area contributed by atoms with Crippen molar-refractivity contribution in [2.75, 3.05) is 39.3 Å². The van der Waals surface area contributed by atoms with E-state index in [0.29, 0.717) is 19.4 Å². The van der Waals surface area contributed by atoms with Crippen molar-refractivity contribution >= 4 is 5.91 Å². The van der Waals surface area contributed by atoms with E-state index < -0.39 is 0 Å². The van der Waals surface area contributed by atoms with Crippen LogP contribution in [0, 0.1) is 0 Å². The predicted octanol–water partition coefficient (Wildman–Crippen LogP) is 2.24. The second-order valence-electron chi connectivity index (χ2n) is 6.21. The van der Waals surface area contributed by atoms with Gasteiger partial charge in [-0.2, -0.15) is 0 Å². The highest BCUT2D eigenvalue weighted by Gasteiger charge is 2.20. The molecular weight excluding hydrogens is 314 g/mol. The maximum absolute atomic E-state index is 12.3. The Morgan fingerprint density at radius 3 is 2.48 bits per heavy atom. The van der Waals surface area contributed by atoms with Gasteiger partial charge in [0.15, 0.2) is 0 Å². The van der Waals surface area contributed by atoms with E-state index in [1.54, 1.807) is 6.20 Å². The minimum atomic E-state index is 0.228. The first-order valence-electron chi connectivity index (χ1n) is 8.89. The number of amides is 1. The molecule has 5 heteroatoms. The van der Waals surface area contributed by atoms with Crippen LogP contribution in [0.5, 0.6) is 5.75 Å². The van der Waals surface area contributed by atoms with Crippen molar-refractivity contribution in [3.05, 3.63) is 60.4 Å². The van der Waals surface area contributed by atoms with Gasteiger partial charge in [0.25, 0.3) is 0 Å². The summed E-state index contributed by atoms with van der Waals surface area (Å²) in [5.74, 6) is 1.14. The van der Waals surface area contributed by atoms with Gasteiger partial charge in [0, 0.05) is 51.0 Å². The molecule has 0 bridgehead atoms. The number of para-hydroxylation sites is 1. The number of carbonyl (C=O) groups excluding carboxylic acids is 1. The van der Waals surface area contributed by atoms with Gasteiger partial charge < -0.3 is 9.64 Å². The van der Waals surface area contributed by atoms with Crippen LogP contribution in [-0.2, 0) is 11.2 Å². The molecular formula is C20H25N3O2. The summed E-state index contributed by atoms with van der Waals surface area (Å²) in [6.45, 7) is 4.99. The molecule has 1 aliphatic rings. The minimum Gasteiger partial charge on any atom is -0.492 e. The summed E-state index contributed by atoms with van der Waals surface area (Å²) in [5, 5.41) is 0. The highest BCUT2D eigenvalue weighted by molar-refractivity contribution is 5.76. The molecule has 1 saturated heterocycles. The van der Waals surface area contributed by atoms with E-state index in [0.717, 1.165) is 44.2 Å². The first-order valence-corrected chi connectivity index (χ1v) is 8.89. The number of aryl methyl sites for hydroxylation is 1. The van der Waals surface area contributed by atoms with Crippen LogP contribution in [0.1, 0.15) is 12.1 Å². The van der Waals surface area contributed by atoms with Crippen molar-refractivity contribution in [1.29, 1.82) is 0 Å². The number of rotatable bonds is 7. The lowest BCUT2D eigenvalue weighted by molar-refractivity contribution is -0.132. The highest BCUT2D eigenvalue weighted by atomic mass is 16.5. The Bertz CT molecular complexity index is 641. The molecule has 5 nitrogen and oxygen atoms in total. The lowest BCUT2D eigenvalue weighted by Gasteiger charge is -2.34. The number of benzene rings is 1. The quantitative estimate of drug-likeness (QED) is 0.776. The van der Waals surface area contributed by atoms with Crippen LogP contribution in [0.15, 0.2) is 54.7 Å². The molecule has 0 aliphatic carbocycles. The summed E-state index contributed by atoms with van der Waals surface area (Å²) in [6, 6.07) is 15.7. The van der Waals surface area contributed by atoms with Crippen LogP contribution in [0.25, 0.3) is 0 Å². The smallest absolute Gasteiger partial charge is 0.223 e. The van der Waals surface area contributed by atoms with Crippen molar-refractivity contribution in [3.63, 3.8) is 0 Å². The number of hydrogen-bond acceptors (Lipinski definition) is 4. The molecule has 0 saturated carbocycles. The zero-order valence-electron chi connectivity index (χ0n) is 14.5. The molecule has 0 unspecified atom stereocenters. The summed E-state index contributed by atoms with van der Waals surface area (Å²) in [7, 11) is 0. The number of pyridine rings is 1. The molecule has 25 heavy (non-hydrogen) atoms. The molecule has 0 spiro atoms. The fourth-order valence-corrected chi connectivity index (χ4v) is 2.97. The molecule has 3 rings (SSSR count). The van der Waals surface area contributed by atoms with Crippen LogP contribution in [0.4, 0.5) is 0 Å². The normalized spacial score (nSPS) is 15.1. The van der Waals surface area contributed by atoms with Crippen molar-refractivity contribution in [2.45, 2.75) is 12.8 Å². The zero-order chi connectivity index (χ0) is 17.3. The largest absolute Gasteiger partial charge is 0.492 e. The van der Waals surface area contributed by atoms with Crippen molar-refractivity contribution < 1.29 is 9.53 Å². The second kappa shape index (κ2) is 9.18. The Hall–Kier alpha value is -2.40. The molecule has 1 aromatic carbocycles. The lowest BCUT2D eigenvalue weighted by Crippen LogP contribution is -2.49. The summed E-state index contributed by atoms with van der Waals surface area (Å²) in [4.78, 5) is 20.9. The van der Waals surface area contributed by atoms with Gasteiger partial charge in [0.2, 0.25) is 5.91 Å². The minimum absolute atomic E-state index is 0.228. The van der Waals surface area contributed by atoms with Crippen LogP contribution in [-0.4, -0.2) is 60.0 Å². The molecule has 1 fully saturated rings. The fraction of sp³-hybridized carbons (Fsp3) is 0.400. The maximum Gasteiger partial charge on any atom is 0.223 e. The summed E-state index contributed by atoms with van der Waals surface area (Å²) in [6.07, 6.45) is 3.02. The number of hydrogen-bond donors (Lipinski definition) is 0. The average molecular weight is 339 g/mol. The molecule has 2 aromatic rings. The lowest BCUT2D eigenvalue weighted by atomic mass is 10.2. The molecule has 1 aliphatic heterocycles. The maximum atomic E-state index is 12.3. The third-order valence-corrected chi connectivity index (χ3v) is 4.47. The molecule has 0 radical (unpaired) electrons. The van der Waals surface area contributed by atoms with Crippen molar-refractivity contribution in [3.8, 4) is 5.75 Å². The average Bonchev–Trinajstić information content (AvgIpc) is 2.68. The van der Waals surface area contributed by atoms with Gasteiger partial charge in [-0.15, -0.1) is 0 Å². The number of ether oxygens (including phenoxy) is 1. The molecule has 0 atom stereocenters. The van der Waals surface area contributed by atoms with Gasteiger partial charge in [-0.25, -0.2) is 0 Å². The SMILES string of the molecule is O=C(CCc1ccccn1)N1CCN(CCOc2ccccc2)CC1. The predicted molar refractivity (Wildman–Crippen MR) is 97.5 cm³/mol. The Labute approximate surface area is 149 Å². The van der Waals surface area contributed by atoms with Gasteiger partial charge in [-0.05, 0) is 30.7 Å². The van der Waals surface area contributed by atoms with E-state index in [4.69, 9.17) is 4.74 Å². The van der Waals surface area contributed by atoms with Gasteiger partial charge in [0.05, 0.1) is 0 Å². The fourth-order valence-electron chi connectivity index (χ4n) is 2.97. The molecule has 132 valence electrons. The van der Waals surface area contributed by atoms with E-state index in [1.807, 2.05) is 53.4 Å². The number of piperazine rings is 1. The highest BCUT2D eigenvalue weighted by Crippen LogP contribution is 2.09. The molecule has 1 amide bonds. The molecule has 0 N–H and O–H groups in total. The van der Waals surface area contributed by atoms with Crippen LogP contribution < -0.4 is 4.74 Å². The van der Waals surface area contributed by atoms with Crippen LogP contribution in [0.3, 0.4) is 0 Å². The number of aromatic nitrogens is 1. The van der Waals surface area contributed by atoms with Crippen molar-refractivity contribution in [1.82, 2.24) is 14.8 Å². The number of carbonyl (C=O) groups is 1. The Morgan fingerprint density at radius 2 is 1.76 bits per heavy atom. The van der Waals surface area contributed by atoms with E-state index in [1.165, 1.54) is 0 Å². The molecule has 2 heterocycles. The summed E-state index contributed by atoms with van der Waals surface area (Å²) >= 11 is 0. The van der Waals surface area contributed by atoms with E-state index in [2.05, 4.69) is 9.88 Å². The monoisotopic (exact) mass is 339 g/mol. The first kappa shape index (κ1) is 17.4. The third-order valence-electron chi connectivity index (χ3n) is 4.47. The van der Waals surface area contributed by atoms with E-state index in [-0.39, 0.29) is 5.91 Å². The van der Waals surface area contributed by atoms with Gasteiger partial charge in [0.1, 0.15) is 12.4 Å². The standard InChI is InChI=1S/C20H25N3O2/c24-20(10-9-18-6-4-5-11-21-18)23-14-12-22(13-15-23)16-17-25-19-7-2-1-3-8-19/h1-8,11H,9-10,12-17H2. The zero-order valence-corrected chi connectivity index (χ0v) is 14.5. The first-order chi connectivity index (χ1) is 12.3. The Balaban J connectivity index is 1.33. The van der Waals surface area contributed by atoms with Crippen molar-refractivity contribution in [2.24, 2.45) is 0 Å². The van der Waals surface area contributed by atoms with E-state index >= 15 is 0 Å². The summed E-state index contributed by atoms with van der Waals surface area (Å²) in [5.41, 5.74) is 0.979. The third kappa shape index (κ3) is 5.57. The van der Waals surface area contributed by atoms with Gasteiger partial charge in [-0.3, -0.25) is 14.7 Å². The Morgan fingerprint density at radius 1 is 1.00 bits per heavy atom. The van der Waals surface area contributed by atoms with Crippen LogP contribution >= 0.6 is 0 Å². The second-order valence-corrected chi connectivity index (χ2v) is 6.21. The van der Waals surface area contributed by atoms with Gasteiger partial charge in [-0.1, -0.05) is 24.3 Å². The van der Waals surface area contributed by atoms with Gasteiger partial charge >= 0.3 is 0 Å². The number of nitrogens with zero attached hydrogens (tertiary/aromatic N) is 3. The topological polar surface area (TPSA) is 45.7 Å². The Kier molecular flexibility index (Phi) is 6.40. The van der Waals surface area contributed by atoms with E-state index in [9.17, 15) is 4.79 Å². The molecule has 1 aromatic heterocycles.